The molecule has 0 radical (unpaired) electrons. The van der Waals surface area contributed by atoms with Crippen molar-refractivity contribution in [2.45, 2.75) is 18.9 Å². The van der Waals surface area contributed by atoms with Gasteiger partial charge in [-0.05, 0) is 24.0 Å². The van der Waals surface area contributed by atoms with Crippen LogP contribution in [0, 0.1) is 0 Å². The molecule has 0 aliphatic carbocycles. The number of amides is 1. The summed E-state index contributed by atoms with van der Waals surface area (Å²) in [5, 5.41) is 2.89. The summed E-state index contributed by atoms with van der Waals surface area (Å²) in [6.07, 6.45) is 3.62. The molecule has 0 saturated carbocycles. The fourth-order valence-electron chi connectivity index (χ4n) is 1.19. The van der Waals surface area contributed by atoms with E-state index in [1.54, 1.807) is 11.8 Å². The lowest BCUT2D eigenvalue weighted by atomic mass is 10.1. The molecule has 1 aliphatic rings. The van der Waals surface area contributed by atoms with Gasteiger partial charge in [-0.3, -0.25) is 4.79 Å². The number of nitrogens with one attached hydrogen (secondary N) is 1. The minimum atomic E-state index is 0.126. The zero-order valence-electron chi connectivity index (χ0n) is 6.72. The summed E-state index contributed by atoms with van der Waals surface area (Å²) in [4.78, 5) is 10.8. The fraction of sp³-hybridized carbons (Fsp3) is 0.625. The first kappa shape index (κ1) is 8.65. The quantitative estimate of drug-likeness (QED) is 0.646. The van der Waals surface area contributed by atoms with Crippen LogP contribution in [-0.4, -0.2) is 24.0 Å². The van der Waals surface area contributed by atoms with Gasteiger partial charge in [0.15, 0.2) is 0 Å². The molecule has 11 heavy (non-hydrogen) atoms. The number of carbonyl (C=O) groups is 1. The van der Waals surface area contributed by atoms with Crippen molar-refractivity contribution in [1.29, 1.82) is 0 Å². The molecule has 1 atom stereocenters. The van der Waals surface area contributed by atoms with Crippen LogP contribution >= 0.6 is 11.8 Å². The normalized spacial score (nSPS) is 23.9. The molecule has 1 fully saturated rings. The molecule has 62 valence electrons. The van der Waals surface area contributed by atoms with Crippen LogP contribution in [0.15, 0.2) is 12.2 Å². The van der Waals surface area contributed by atoms with E-state index in [9.17, 15) is 4.79 Å². The Morgan fingerprint density at radius 3 is 3.00 bits per heavy atom. The monoisotopic (exact) mass is 171 g/mol. The number of rotatable bonds is 3. The van der Waals surface area contributed by atoms with Crippen molar-refractivity contribution in [2.24, 2.45) is 0 Å². The van der Waals surface area contributed by atoms with Gasteiger partial charge in [-0.25, -0.2) is 0 Å². The molecule has 1 heterocycles. The molecular formula is C8H13NOS. The summed E-state index contributed by atoms with van der Waals surface area (Å²) in [6, 6.07) is 0.245. The second kappa shape index (κ2) is 3.81. The molecule has 0 aromatic carbocycles. The molecule has 0 unspecified atom stereocenters. The third-order valence-corrected chi connectivity index (χ3v) is 2.47. The number of hydrogen-bond acceptors (Lipinski definition) is 2. The molecule has 2 nitrogen and oxygen atoms in total. The molecular weight excluding hydrogens is 158 g/mol. The van der Waals surface area contributed by atoms with Crippen LogP contribution in [0.2, 0.25) is 0 Å². The maximum absolute atomic E-state index is 10.8. The molecule has 3 heteroatoms. The van der Waals surface area contributed by atoms with Gasteiger partial charge in [0.05, 0.1) is 6.04 Å². The Morgan fingerprint density at radius 1 is 1.82 bits per heavy atom. The molecule has 0 aromatic rings. The maximum Gasteiger partial charge on any atom is 0.224 e. The Balaban J connectivity index is 2.34. The highest BCUT2D eigenvalue weighted by Gasteiger charge is 2.23. The lowest BCUT2D eigenvalue weighted by Crippen LogP contribution is -2.26. The molecule has 0 bridgehead atoms. The van der Waals surface area contributed by atoms with Gasteiger partial charge in [-0.1, -0.05) is 6.58 Å². The predicted molar refractivity (Wildman–Crippen MR) is 48.7 cm³/mol. The summed E-state index contributed by atoms with van der Waals surface area (Å²) >= 11 is 1.80. The van der Waals surface area contributed by atoms with Crippen LogP contribution < -0.4 is 5.32 Å². The fourth-order valence-corrected chi connectivity index (χ4v) is 1.66. The van der Waals surface area contributed by atoms with Crippen molar-refractivity contribution in [3.63, 3.8) is 0 Å². The predicted octanol–water partition coefficient (Wildman–Crippen LogP) is 1.18. The highest BCUT2D eigenvalue weighted by atomic mass is 32.2. The van der Waals surface area contributed by atoms with E-state index in [-0.39, 0.29) is 11.9 Å². The smallest absolute Gasteiger partial charge is 0.224 e. The first-order chi connectivity index (χ1) is 5.24. The number of carbonyl (C=O) groups excluding carboxylic acids is 1. The van der Waals surface area contributed by atoms with E-state index in [0.29, 0.717) is 6.42 Å². The van der Waals surface area contributed by atoms with Gasteiger partial charge >= 0.3 is 0 Å². The maximum atomic E-state index is 10.8. The van der Waals surface area contributed by atoms with Crippen molar-refractivity contribution in [2.75, 3.05) is 12.0 Å². The third-order valence-electron chi connectivity index (χ3n) is 1.83. The molecule has 1 N–H and O–H groups in total. The van der Waals surface area contributed by atoms with E-state index in [0.717, 1.165) is 17.7 Å². The van der Waals surface area contributed by atoms with Gasteiger partial charge in [-0.15, -0.1) is 0 Å². The number of thioether (sulfide) groups is 1. The van der Waals surface area contributed by atoms with Crippen molar-refractivity contribution < 1.29 is 4.79 Å². The van der Waals surface area contributed by atoms with Gasteiger partial charge in [-0.2, -0.15) is 11.8 Å². The lowest BCUT2D eigenvalue weighted by Gasteiger charge is -2.08. The van der Waals surface area contributed by atoms with Crippen molar-refractivity contribution in [3.8, 4) is 0 Å². The third kappa shape index (κ3) is 2.26. The van der Waals surface area contributed by atoms with Crippen molar-refractivity contribution in [3.05, 3.63) is 12.2 Å². The van der Waals surface area contributed by atoms with E-state index >= 15 is 0 Å². The highest BCUT2D eigenvalue weighted by molar-refractivity contribution is 7.98. The minimum Gasteiger partial charge on any atom is -0.349 e. The second-order valence-corrected chi connectivity index (χ2v) is 3.72. The van der Waals surface area contributed by atoms with Gasteiger partial charge in [0, 0.05) is 6.42 Å². The van der Waals surface area contributed by atoms with E-state index in [1.807, 2.05) is 0 Å². The Labute approximate surface area is 71.4 Å². The summed E-state index contributed by atoms with van der Waals surface area (Å²) in [6.45, 7) is 3.85. The van der Waals surface area contributed by atoms with E-state index in [2.05, 4.69) is 18.2 Å². The van der Waals surface area contributed by atoms with Crippen molar-refractivity contribution >= 4 is 17.7 Å². The average Bonchev–Trinajstić information content (AvgIpc) is 2.26. The van der Waals surface area contributed by atoms with Crippen LogP contribution in [0.5, 0.6) is 0 Å². The lowest BCUT2D eigenvalue weighted by molar-refractivity contribution is -0.119. The summed E-state index contributed by atoms with van der Waals surface area (Å²) in [5.74, 6) is 1.21. The van der Waals surface area contributed by atoms with Crippen LogP contribution in [-0.2, 0) is 4.79 Å². The van der Waals surface area contributed by atoms with E-state index < -0.39 is 0 Å². The molecule has 0 spiro atoms. The zero-order valence-corrected chi connectivity index (χ0v) is 7.54. The van der Waals surface area contributed by atoms with Gasteiger partial charge in [0.2, 0.25) is 5.91 Å². The second-order valence-electron chi connectivity index (χ2n) is 2.74. The summed E-state index contributed by atoms with van der Waals surface area (Å²) in [7, 11) is 0. The van der Waals surface area contributed by atoms with Crippen LogP contribution in [0.3, 0.4) is 0 Å². The minimum absolute atomic E-state index is 0.126. The van der Waals surface area contributed by atoms with Crippen LogP contribution in [0.25, 0.3) is 0 Å². The SMILES string of the molecule is C=C1CC(=O)N[C@H]1CCSC. The standard InChI is InChI=1S/C8H13NOS/c1-6-5-8(10)9-7(6)3-4-11-2/h7H,1,3-5H2,2H3,(H,9,10)/t7-/m0/s1. The van der Waals surface area contributed by atoms with Crippen LogP contribution in [0.1, 0.15) is 12.8 Å². The van der Waals surface area contributed by atoms with Crippen molar-refractivity contribution in [1.82, 2.24) is 5.32 Å². The molecule has 0 aromatic heterocycles. The largest absolute Gasteiger partial charge is 0.349 e. The molecule has 1 amide bonds. The molecule has 1 rings (SSSR count). The topological polar surface area (TPSA) is 29.1 Å². The average molecular weight is 171 g/mol. The highest BCUT2D eigenvalue weighted by Crippen LogP contribution is 2.17. The summed E-state index contributed by atoms with van der Waals surface area (Å²) < 4.78 is 0. The van der Waals surface area contributed by atoms with Gasteiger partial charge in [0.25, 0.3) is 0 Å². The first-order valence-electron chi connectivity index (χ1n) is 3.70. The zero-order chi connectivity index (χ0) is 8.27. The Kier molecular flexibility index (Phi) is 3.00. The van der Waals surface area contributed by atoms with Crippen LogP contribution in [0.4, 0.5) is 0 Å². The molecule has 1 saturated heterocycles. The summed E-state index contributed by atoms with van der Waals surface area (Å²) in [5.41, 5.74) is 1.05. The Bertz CT molecular complexity index is 179. The molecule has 1 aliphatic heterocycles. The number of hydrogen-bond donors (Lipinski definition) is 1. The van der Waals surface area contributed by atoms with E-state index in [1.165, 1.54) is 0 Å². The first-order valence-corrected chi connectivity index (χ1v) is 5.09. The van der Waals surface area contributed by atoms with Gasteiger partial charge < -0.3 is 5.32 Å². The van der Waals surface area contributed by atoms with E-state index in [4.69, 9.17) is 0 Å². The Hall–Kier alpha value is -0.440. The Morgan fingerprint density at radius 2 is 2.55 bits per heavy atom. The van der Waals surface area contributed by atoms with Gasteiger partial charge in [0.1, 0.15) is 0 Å².